The molecule has 0 unspecified atom stereocenters. The number of rotatable bonds is 7. The SMILES string of the molecule is CC(=O)N[C@H]1CSCCNC(=O)[C@@H]2CCCN2C(=O)[C@H](C(C)C)NC(=O)[C@H](CC(N)=O)NC(=O)[C@H](C(C)C)NC(=O)[C@H](Cc2ccc(O)cc2)NC1=O. The smallest absolute Gasteiger partial charge is 0.246 e. The molecule has 0 spiro atoms. The van der Waals surface area contributed by atoms with Gasteiger partial charge in [-0.05, 0) is 42.4 Å². The van der Waals surface area contributed by atoms with Crippen molar-refractivity contribution in [3.8, 4) is 5.75 Å². The van der Waals surface area contributed by atoms with Crippen molar-refractivity contribution in [3.05, 3.63) is 29.8 Å². The number of benzene rings is 1. The first-order valence-electron chi connectivity index (χ1n) is 17.7. The summed E-state index contributed by atoms with van der Waals surface area (Å²) in [4.78, 5) is 108. The van der Waals surface area contributed by atoms with Crippen LogP contribution in [0.2, 0.25) is 0 Å². The molecule has 9 N–H and O–H groups in total. The summed E-state index contributed by atoms with van der Waals surface area (Å²) in [5.74, 6) is -5.99. The molecule has 0 aliphatic carbocycles. The molecule has 1 aromatic rings. The second-order valence-electron chi connectivity index (χ2n) is 13.9. The van der Waals surface area contributed by atoms with Gasteiger partial charge < -0.3 is 47.6 Å². The number of nitrogens with zero attached hydrogens (tertiary/aromatic N) is 1. The van der Waals surface area contributed by atoms with E-state index in [0.29, 0.717) is 24.2 Å². The lowest BCUT2D eigenvalue weighted by Gasteiger charge is -2.32. The number of hydrogen-bond acceptors (Lipinski definition) is 10. The number of nitrogens with one attached hydrogen (secondary N) is 6. The van der Waals surface area contributed by atoms with E-state index in [2.05, 4.69) is 31.9 Å². The van der Waals surface area contributed by atoms with E-state index in [9.17, 15) is 43.5 Å². The zero-order valence-corrected chi connectivity index (χ0v) is 31.5. The molecule has 0 aromatic heterocycles. The largest absolute Gasteiger partial charge is 0.508 e. The summed E-state index contributed by atoms with van der Waals surface area (Å²) < 4.78 is 0. The van der Waals surface area contributed by atoms with Crippen LogP contribution < -0.4 is 37.6 Å². The molecule has 2 aliphatic rings. The summed E-state index contributed by atoms with van der Waals surface area (Å²) in [7, 11) is 0. The summed E-state index contributed by atoms with van der Waals surface area (Å²) in [5.41, 5.74) is 6.01. The number of hydrogen-bond donors (Lipinski definition) is 8. The van der Waals surface area contributed by atoms with Crippen molar-refractivity contribution >= 4 is 59.0 Å². The molecule has 0 radical (unpaired) electrons. The first kappa shape index (κ1) is 42.5. The van der Waals surface area contributed by atoms with Crippen LogP contribution in [0.1, 0.15) is 59.4 Å². The minimum absolute atomic E-state index is 0.0144. The Morgan fingerprint density at radius 2 is 1.47 bits per heavy atom. The van der Waals surface area contributed by atoms with E-state index in [-0.39, 0.29) is 36.9 Å². The van der Waals surface area contributed by atoms with Crippen LogP contribution in [0.3, 0.4) is 0 Å². The van der Waals surface area contributed by atoms with Crippen LogP contribution in [0.5, 0.6) is 5.75 Å². The first-order valence-corrected chi connectivity index (χ1v) is 18.8. The van der Waals surface area contributed by atoms with Gasteiger partial charge in [-0.15, -0.1) is 0 Å². The average Bonchev–Trinajstić information content (AvgIpc) is 3.58. The van der Waals surface area contributed by atoms with Crippen molar-refractivity contribution in [1.82, 2.24) is 36.8 Å². The molecule has 0 bridgehead atoms. The molecule has 2 saturated heterocycles. The van der Waals surface area contributed by atoms with Gasteiger partial charge in [0, 0.05) is 37.9 Å². The van der Waals surface area contributed by atoms with Gasteiger partial charge in [0.05, 0.1) is 6.42 Å². The number of primary amides is 1. The summed E-state index contributed by atoms with van der Waals surface area (Å²) in [6, 6.07) is -1.08. The predicted molar refractivity (Wildman–Crippen MR) is 196 cm³/mol. The highest BCUT2D eigenvalue weighted by Crippen LogP contribution is 2.21. The zero-order chi connectivity index (χ0) is 39.4. The lowest BCUT2D eigenvalue weighted by molar-refractivity contribution is -0.143. The van der Waals surface area contributed by atoms with Crippen LogP contribution in [0.15, 0.2) is 24.3 Å². The molecule has 292 valence electrons. The maximum Gasteiger partial charge on any atom is 0.246 e. The number of nitrogens with two attached hydrogens (primary N) is 1. The van der Waals surface area contributed by atoms with Crippen molar-refractivity contribution in [2.24, 2.45) is 17.6 Å². The Labute approximate surface area is 313 Å². The quantitative estimate of drug-likeness (QED) is 0.158. The monoisotopic (exact) mass is 760 g/mol. The highest BCUT2D eigenvalue weighted by molar-refractivity contribution is 7.99. The van der Waals surface area contributed by atoms with Crippen LogP contribution in [0, 0.1) is 11.8 Å². The van der Waals surface area contributed by atoms with E-state index in [4.69, 9.17) is 5.73 Å². The summed E-state index contributed by atoms with van der Waals surface area (Å²) in [6.07, 6.45) is 0.279. The summed E-state index contributed by atoms with van der Waals surface area (Å²) >= 11 is 1.28. The molecule has 18 heteroatoms. The molecule has 1 aromatic carbocycles. The van der Waals surface area contributed by atoms with Gasteiger partial charge in [-0.25, -0.2) is 0 Å². The van der Waals surface area contributed by atoms with Gasteiger partial charge in [-0.1, -0.05) is 39.8 Å². The maximum absolute atomic E-state index is 13.9. The standard InChI is InChI=1S/C35H52N8O9S/c1-18(2)28-34(51)40-24(16-27(36)46)31(48)42-29(19(3)4)35(52)43-13-6-7-26(43)33(50)37-12-14-53-17-25(38-20(5)44)32(49)39-23(30(47)41-28)15-21-8-10-22(45)11-9-21/h8-11,18-19,23-26,28-29,45H,6-7,12-17H2,1-5H3,(H2,36,46)(H,37,50)(H,38,44)(H,39,49)(H,40,51)(H,41,47)(H,42,48)/t23-,24-,25-,26-,28-,29-/m0/s1. The van der Waals surface area contributed by atoms with Crippen molar-refractivity contribution in [3.63, 3.8) is 0 Å². The van der Waals surface area contributed by atoms with Crippen LogP contribution in [-0.4, -0.2) is 118 Å². The molecular weight excluding hydrogens is 708 g/mol. The molecule has 6 atom stereocenters. The predicted octanol–water partition coefficient (Wildman–Crippen LogP) is -1.58. The van der Waals surface area contributed by atoms with E-state index in [1.165, 1.54) is 35.7 Å². The van der Waals surface area contributed by atoms with Crippen LogP contribution in [0.25, 0.3) is 0 Å². The van der Waals surface area contributed by atoms with Gasteiger partial charge in [0.25, 0.3) is 0 Å². The van der Waals surface area contributed by atoms with Crippen molar-refractivity contribution in [2.75, 3.05) is 24.6 Å². The van der Waals surface area contributed by atoms with Crippen molar-refractivity contribution < 1.29 is 43.5 Å². The Hall–Kier alpha value is -4.87. The maximum atomic E-state index is 13.9. The Balaban J connectivity index is 2.01. The number of phenols is 1. The number of amides is 8. The number of fused-ring (bicyclic) bond motifs is 1. The number of carbonyl (C=O) groups is 8. The molecule has 0 saturated carbocycles. The van der Waals surface area contributed by atoms with Crippen molar-refractivity contribution in [1.29, 1.82) is 0 Å². The second-order valence-corrected chi connectivity index (χ2v) is 15.1. The Morgan fingerprint density at radius 1 is 0.868 bits per heavy atom. The molecule has 53 heavy (non-hydrogen) atoms. The lowest BCUT2D eigenvalue weighted by Crippen LogP contribution is -2.61. The van der Waals surface area contributed by atoms with Crippen LogP contribution in [0.4, 0.5) is 0 Å². The minimum Gasteiger partial charge on any atom is -0.508 e. The second kappa shape index (κ2) is 19.8. The molecule has 2 heterocycles. The van der Waals surface area contributed by atoms with Gasteiger partial charge in [-0.2, -0.15) is 11.8 Å². The molecule has 3 rings (SSSR count). The molecule has 2 aliphatic heterocycles. The third-order valence-electron chi connectivity index (χ3n) is 8.89. The van der Waals surface area contributed by atoms with Crippen LogP contribution in [-0.2, 0) is 44.8 Å². The van der Waals surface area contributed by atoms with Gasteiger partial charge in [0.1, 0.15) is 42.0 Å². The van der Waals surface area contributed by atoms with E-state index in [1.807, 2.05) is 0 Å². The highest BCUT2D eigenvalue weighted by atomic mass is 32.2. The fraction of sp³-hybridized carbons (Fsp3) is 0.600. The fourth-order valence-electron chi connectivity index (χ4n) is 6.05. The zero-order valence-electron chi connectivity index (χ0n) is 30.7. The Kier molecular flexibility index (Phi) is 15.9. The summed E-state index contributed by atoms with van der Waals surface area (Å²) in [5, 5.41) is 25.7. The van der Waals surface area contributed by atoms with E-state index < -0.39 is 95.9 Å². The number of carbonyl (C=O) groups excluding carboxylic acids is 8. The van der Waals surface area contributed by atoms with Crippen molar-refractivity contribution in [2.45, 2.75) is 96.6 Å². The van der Waals surface area contributed by atoms with E-state index in [0.717, 1.165) is 0 Å². The summed E-state index contributed by atoms with van der Waals surface area (Å²) in [6.45, 7) is 8.43. The normalized spacial score (nSPS) is 25.9. The third-order valence-corrected chi connectivity index (χ3v) is 9.95. The lowest BCUT2D eigenvalue weighted by atomic mass is 9.99. The van der Waals surface area contributed by atoms with Gasteiger partial charge >= 0.3 is 0 Å². The molecule has 17 nitrogen and oxygen atoms in total. The third kappa shape index (κ3) is 12.6. The minimum atomic E-state index is -1.52. The Morgan fingerprint density at radius 3 is 2.08 bits per heavy atom. The topological polar surface area (TPSA) is 258 Å². The number of thioether (sulfide) groups is 1. The molecule has 8 amide bonds. The highest BCUT2D eigenvalue weighted by Gasteiger charge is 2.40. The number of aromatic hydroxyl groups is 1. The van der Waals surface area contributed by atoms with Gasteiger partial charge in [0.15, 0.2) is 0 Å². The average molecular weight is 761 g/mol. The van der Waals surface area contributed by atoms with Crippen LogP contribution >= 0.6 is 11.8 Å². The first-order chi connectivity index (χ1) is 25.0. The van der Waals surface area contributed by atoms with E-state index in [1.54, 1.807) is 39.8 Å². The number of phenolic OH excluding ortho intramolecular Hbond substituents is 1. The fourth-order valence-corrected chi connectivity index (χ4v) is 6.94. The Bertz CT molecular complexity index is 1520. The van der Waals surface area contributed by atoms with Gasteiger partial charge in [0.2, 0.25) is 47.3 Å². The van der Waals surface area contributed by atoms with Gasteiger partial charge in [-0.3, -0.25) is 38.4 Å². The molecule has 2 fully saturated rings. The molecular formula is C35H52N8O9S. The van der Waals surface area contributed by atoms with E-state index >= 15 is 0 Å².